The van der Waals surface area contributed by atoms with Crippen LogP contribution in [0.25, 0.3) is 5.65 Å². The number of aromatic nitrogens is 3. The van der Waals surface area contributed by atoms with Crippen molar-refractivity contribution in [3.05, 3.63) is 30.5 Å². The van der Waals surface area contributed by atoms with Crippen molar-refractivity contribution in [3.63, 3.8) is 0 Å². The van der Waals surface area contributed by atoms with Crippen LogP contribution in [0, 0.1) is 0 Å². The van der Waals surface area contributed by atoms with E-state index in [1.54, 1.807) is 12.5 Å². The molecule has 0 atom stereocenters. The second-order valence-corrected chi connectivity index (χ2v) is 3.15. The number of rotatable bonds is 1. The summed E-state index contributed by atoms with van der Waals surface area (Å²) >= 11 is 0. The lowest BCUT2D eigenvalue weighted by atomic mass is 10.1. The minimum atomic E-state index is 0.490. The fourth-order valence-corrected chi connectivity index (χ4v) is 1.28. The van der Waals surface area contributed by atoms with Gasteiger partial charge in [-0.1, -0.05) is 13.8 Å². The molecule has 0 aliphatic heterocycles. The van der Waals surface area contributed by atoms with Gasteiger partial charge in [-0.2, -0.15) is 0 Å². The minimum Gasteiger partial charge on any atom is -0.287 e. The number of nitrogens with zero attached hydrogens (tertiary/aromatic N) is 3. The van der Waals surface area contributed by atoms with E-state index in [4.69, 9.17) is 0 Å². The maximum absolute atomic E-state index is 4.26. The average molecular weight is 161 g/mol. The predicted molar refractivity (Wildman–Crippen MR) is 47.1 cm³/mol. The molecular weight excluding hydrogens is 150 g/mol. The molecule has 12 heavy (non-hydrogen) atoms. The van der Waals surface area contributed by atoms with E-state index in [9.17, 15) is 0 Å². The SMILES string of the molecule is CC(C)c1cnc2ccncn12. The molecule has 0 N–H and O–H groups in total. The molecule has 0 aliphatic carbocycles. The zero-order chi connectivity index (χ0) is 8.55. The average Bonchev–Trinajstić information content (AvgIpc) is 2.47. The Balaban J connectivity index is 2.70. The van der Waals surface area contributed by atoms with Crippen molar-refractivity contribution in [2.24, 2.45) is 0 Å². The largest absolute Gasteiger partial charge is 0.287 e. The van der Waals surface area contributed by atoms with Crippen LogP contribution in [0.5, 0.6) is 0 Å². The molecule has 0 bridgehead atoms. The third-order valence-corrected chi connectivity index (χ3v) is 1.94. The van der Waals surface area contributed by atoms with E-state index in [0.29, 0.717) is 5.92 Å². The first-order valence-corrected chi connectivity index (χ1v) is 4.06. The first-order chi connectivity index (χ1) is 5.79. The van der Waals surface area contributed by atoms with Crippen LogP contribution in [0.15, 0.2) is 24.8 Å². The standard InChI is InChI=1S/C9H11N3/c1-7(2)8-5-11-9-3-4-10-6-12(8)9/h3-7H,1-2H3. The van der Waals surface area contributed by atoms with Gasteiger partial charge in [-0.3, -0.25) is 4.40 Å². The van der Waals surface area contributed by atoms with E-state index >= 15 is 0 Å². The molecule has 0 aliphatic rings. The van der Waals surface area contributed by atoms with Crippen molar-refractivity contribution in [2.75, 3.05) is 0 Å². The Kier molecular flexibility index (Phi) is 1.57. The van der Waals surface area contributed by atoms with Gasteiger partial charge >= 0.3 is 0 Å². The topological polar surface area (TPSA) is 30.2 Å². The zero-order valence-electron chi connectivity index (χ0n) is 7.23. The second kappa shape index (κ2) is 2.59. The number of hydrogen-bond donors (Lipinski definition) is 0. The highest BCUT2D eigenvalue weighted by molar-refractivity contribution is 5.38. The quantitative estimate of drug-likeness (QED) is 0.639. The fourth-order valence-electron chi connectivity index (χ4n) is 1.28. The molecule has 0 fully saturated rings. The molecular formula is C9H11N3. The Morgan fingerprint density at radius 2 is 2.25 bits per heavy atom. The van der Waals surface area contributed by atoms with Crippen LogP contribution in [0.1, 0.15) is 25.5 Å². The van der Waals surface area contributed by atoms with Crippen LogP contribution in [0.4, 0.5) is 0 Å². The van der Waals surface area contributed by atoms with Gasteiger partial charge in [0, 0.05) is 18.1 Å². The Morgan fingerprint density at radius 3 is 3.00 bits per heavy atom. The highest BCUT2D eigenvalue weighted by Gasteiger charge is 2.05. The first kappa shape index (κ1) is 7.28. The second-order valence-electron chi connectivity index (χ2n) is 3.15. The van der Waals surface area contributed by atoms with Gasteiger partial charge in [0.1, 0.15) is 12.0 Å². The van der Waals surface area contributed by atoms with E-state index in [-0.39, 0.29) is 0 Å². The van der Waals surface area contributed by atoms with Gasteiger partial charge in [0.2, 0.25) is 0 Å². The molecule has 0 radical (unpaired) electrons. The van der Waals surface area contributed by atoms with Crippen molar-refractivity contribution in [1.82, 2.24) is 14.4 Å². The summed E-state index contributed by atoms with van der Waals surface area (Å²) in [6, 6.07) is 1.91. The molecule has 0 spiro atoms. The maximum Gasteiger partial charge on any atom is 0.139 e. The summed E-state index contributed by atoms with van der Waals surface area (Å²) in [5.41, 5.74) is 2.17. The molecule has 3 nitrogen and oxygen atoms in total. The van der Waals surface area contributed by atoms with Gasteiger partial charge in [0.25, 0.3) is 0 Å². The lowest BCUT2D eigenvalue weighted by Crippen LogP contribution is -1.94. The van der Waals surface area contributed by atoms with Gasteiger partial charge in [0.15, 0.2) is 0 Å². The summed E-state index contributed by atoms with van der Waals surface area (Å²) in [6.07, 6.45) is 5.46. The van der Waals surface area contributed by atoms with Crippen molar-refractivity contribution < 1.29 is 0 Å². The van der Waals surface area contributed by atoms with E-state index < -0.39 is 0 Å². The van der Waals surface area contributed by atoms with Crippen LogP contribution >= 0.6 is 0 Å². The molecule has 3 heteroatoms. The van der Waals surface area contributed by atoms with E-state index in [1.807, 2.05) is 16.7 Å². The third kappa shape index (κ3) is 0.978. The van der Waals surface area contributed by atoms with Crippen LogP contribution in [0.2, 0.25) is 0 Å². The Bertz CT molecular complexity index is 389. The molecule has 0 aromatic carbocycles. The first-order valence-electron chi connectivity index (χ1n) is 4.06. The summed E-state index contributed by atoms with van der Waals surface area (Å²) in [7, 11) is 0. The minimum absolute atomic E-state index is 0.490. The van der Waals surface area contributed by atoms with Crippen molar-refractivity contribution in [2.45, 2.75) is 19.8 Å². The highest BCUT2D eigenvalue weighted by atomic mass is 15.0. The van der Waals surface area contributed by atoms with Crippen molar-refractivity contribution in [1.29, 1.82) is 0 Å². The molecule has 2 aromatic heterocycles. The lowest BCUT2D eigenvalue weighted by Gasteiger charge is -2.02. The van der Waals surface area contributed by atoms with Gasteiger partial charge in [-0.05, 0) is 12.0 Å². The lowest BCUT2D eigenvalue weighted by molar-refractivity contribution is 0.802. The van der Waals surface area contributed by atoms with E-state index in [1.165, 1.54) is 5.69 Å². The monoisotopic (exact) mass is 161 g/mol. The molecule has 0 amide bonds. The molecule has 2 aromatic rings. The van der Waals surface area contributed by atoms with Crippen LogP contribution in [0.3, 0.4) is 0 Å². The van der Waals surface area contributed by atoms with Gasteiger partial charge < -0.3 is 0 Å². The molecule has 2 heterocycles. The summed E-state index contributed by atoms with van der Waals surface area (Å²) in [5.74, 6) is 0.490. The zero-order valence-corrected chi connectivity index (χ0v) is 7.23. The molecule has 62 valence electrons. The number of hydrogen-bond acceptors (Lipinski definition) is 2. The summed E-state index contributed by atoms with van der Waals surface area (Å²) in [6.45, 7) is 4.30. The van der Waals surface area contributed by atoms with Crippen LogP contribution in [-0.2, 0) is 0 Å². The summed E-state index contributed by atoms with van der Waals surface area (Å²) in [4.78, 5) is 8.31. The molecule has 0 saturated carbocycles. The molecule has 0 saturated heterocycles. The van der Waals surface area contributed by atoms with Crippen LogP contribution in [-0.4, -0.2) is 14.4 Å². The molecule has 0 unspecified atom stereocenters. The predicted octanol–water partition coefficient (Wildman–Crippen LogP) is 1.85. The normalized spacial score (nSPS) is 11.2. The molecule has 2 rings (SSSR count). The van der Waals surface area contributed by atoms with E-state index in [2.05, 4.69) is 23.8 Å². The maximum atomic E-state index is 4.26. The summed E-state index contributed by atoms with van der Waals surface area (Å²) in [5, 5.41) is 0. The van der Waals surface area contributed by atoms with Crippen molar-refractivity contribution in [3.8, 4) is 0 Å². The van der Waals surface area contributed by atoms with Gasteiger partial charge in [-0.15, -0.1) is 0 Å². The van der Waals surface area contributed by atoms with Crippen molar-refractivity contribution >= 4 is 5.65 Å². The van der Waals surface area contributed by atoms with Crippen LogP contribution < -0.4 is 0 Å². The number of fused-ring (bicyclic) bond motifs is 1. The summed E-state index contributed by atoms with van der Waals surface area (Å²) < 4.78 is 2.02. The smallest absolute Gasteiger partial charge is 0.139 e. The van der Waals surface area contributed by atoms with Gasteiger partial charge in [0.05, 0.1) is 0 Å². The fraction of sp³-hybridized carbons (Fsp3) is 0.333. The number of imidazole rings is 1. The third-order valence-electron chi connectivity index (χ3n) is 1.94. The Morgan fingerprint density at radius 1 is 1.42 bits per heavy atom. The Hall–Kier alpha value is -1.38. The van der Waals surface area contributed by atoms with E-state index in [0.717, 1.165) is 5.65 Å². The highest BCUT2D eigenvalue weighted by Crippen LogP contribution is 2.14. The van der Waals surface area contributed by atoms with Gasteiger partial charge in [-0.25, -0.2) is 9.97 Å². The Labute approximate surface area is 71.1 Å².